The Kier molecular flexibility index (Phi) is 5.69. The summed E-state index contributed by atoms with van der Waals surface area (Å²) in [5, 5.41) is 9.46. The summed E-state index contributed by atoms with van der Waals surface area (Å²) in [6.45, 7) is 2.62. The highest BCUT2D eigenvalue weighted by atomic mass is 16.3. The largest absolute Gasteiger partial charge is 0.395 e. The Bertz CT molecular complexity index is 325. The molecule has 1 aromatic rings. The molecule has 0 amide bonds. The molecule has 2 nitrogen and oxygen atoms in total. The molecule has 0 saturated carbocycles. The molecule has 1 unspecified atom stereocenters. The summed E-state index contributed by atoms with van der Waals surface area (Å²) in [7, 11) is 0. The average Bonchev–Trinajstić information content (AvgIpc) is 2.65. The van der Waals surface area contributed by atoms with Crippen molar-refractivity contribution in [3.05, 3.63) is 35.9 Å². The molecule has 1 fully saturated rings. The third-order valence-electron chi connectivity index (χ3n) is 3.96. The second-order valence-corrected chi connectivity index (χ2v) is 5.31. The molecule has 2 rings (SSSR count). The van der Waals surface area contributed by atoms with Gasteiger partial charge in [-0.3, -0.25) is 4.90 Å². The molecule has 18 heavy (non-hydrogen) atoms. The van der Waals surface area contributed by atoms with Gasteiger partial charge in [0.15, 0.2) is 0 Å². The van der Waals surface area contributed by atoms with Crippen molar-refractivity contribution >= 4 is 0 Å². The fourth-order valence-corrected chi connectivity index (χ4v) is 2.87. The summed E-state index contributed by atoms with van der Waals surface area (Å²) >= 11 is 0. The highest BCUT2D eigenvalue weighted by molar-refractivity contribution is 5.14. The minimum Gasteiger partial charge on any atom is -0.395 e. The molecular weight excluding hydrogens is 222 g/mol. The summed E-state index contributed by atoms with van der Waals surface area (Å²) in [5.74, 6) is 0. The number of likely N-dealkylation sites (tertiary alicyclic amines) is 1. The number of aryl methyl sites for hydroxylation is 1. The van der Waals surface area contributed by atoms with Crippen LogP contribution in [0, 0.1) is 0 Å². The van der Waals surface area contributed by atoms with Crippen molar-refractivity contribution in [1.82, 2.24) is 4.90 Å². The molecule has 0 spiro atoms. The molecule has 1 heterocycles. The van der Waals surface area contributed by atoms with Crippen molar-refractivity contribution in [3.63, 3.8) is 0 Å². The van der Waals surface area contributed by atoms with Gasteiger partial charge in [0, 0.05) is 6.04 Å². The van der Waals surface area contributed by atoms with Crippen molar-refractivity contribution in [2.75, 3.05) is 19.7 Å². The topological polar surface area (TPSA) is 23.5 Å². The van der Waals surface area contributed by atoms with E-state index >= 15 is 0 Å². The molecule has 100 valence electrons. The third-order valence-corrected chi connectivity index (χ3v) is 3.96. The Hall–Kier alpha value is -0.860. The Morgan fingerprint density at radius 2 is 1.94 bits per heavy atom. The quantitative estimate of drug-likeness (QED) is 0.865. The normalized spacial score (nSPS) is 21.7. The first-order valence-electron chi connectivity index (χ1n) is 7.29. The zero-order valence-corrected chi connectivity index (χ0v) is 11.2. The van der Waals surface area contributed by atoms with E-state index < -0.39 is 0 Å². The van der Waals surface area contributed by atoms with Crippen LogP contribution in [-0.4, -0.2) is 35.7 Å². The van der Waals surface area contributed by atoms with Gasteiger partial charge in [0.2, 0.25) is 0 Å². The molecule has 0 aromatic heterocycles. The highest BCUT2D eigenvalue weighted by Gasteiger charge is 2.19. The molecule has 1 saturated heterocycles. The van der Waals surface area contributed by atoms with Crippen molar-refractivity contribution in [1.29, 1.82) is 0 Å². The monoisotopic (exact) mass is 247 g/mol. The average molecular weight is 247 g/mol. The number of aliphatic hydroxyl groups excluding tert-OH is 1. The Morgan fingerprint density at radius 3 is 2.72 bits per heavy atom. The molecule has 0 aliphatic carbocycles. The van der Waals surface area contributed by atoms with Gasteiger partial charge in [-0.15, -0.1) is 0 Å². The van der Waals surface area contributed by atoms with E-state index in [4.69, 9.17) is 0 Å². The van der Waals surface area contributed by atoms with E-state index in [0.717, 1.165) is 13.0 Å². The summed E-state index contributed by atoms with van der Waals surface area (Å²) in [6, 6.07) is 11.1. The third kappa shape index (κ3) is 4.11. The molecule has 1 aromatic carbocycles. The fourth-order valence-electron chi connectivity index (χ4n) is 2.87. The van der Waals surface area contributed by atoms with Crippen molar-refractivity contribution in [3.8, 4) is 0 Å². The van der Waals surface area contributed by atoms with Gasteiger partial charge in [0.25, 0.3) is 0 Å². The minimum absolute atomic E-state index is 0.325. The smallest absolute Gasteiger partial charge is 0.0586 e. The maximum atomic E-state index is 9.46. The molecule has 0 radical (unpaired) electrons. The van der Waals surface area contributed by atoms with Crippen molar-refractivity contribution in [2.24, 2.45) is 0 Å². The van der Waals surface area contributed by atoms with Gasteiger partial charge >= 0.3 is 0 Å². The molecule has 2 heteroatoms. The van der Waals surface area contributed by atoms with Crippen molar-refractivity contribution in [2.45, 2.75) is 44.6 Å². The Labute approximate surface area is 111 Å². The minimum atomic E-state index is 0.325. The molecule has 1 aliphatic heterocycles. The van der Waals surface area contributed by atoms with E-state index in [-0.39, 0.29) is 0 Å². The van der Waals surface area contributed by atoms with Crippen molar-refractivity contribution < 1.29 is 5.11 Å². The zero-order valence-electron chi connectivity index (χ0n) is 11.2. The fraction of sp³-hybridized carbons (Fsp3) is 0.625. The Morgan fingerprint density at radius 1 is 1.11 bits per heavy atom. The van der Waals surface area contributed by atoms with Crippen LogP contribution in [-0.2, 0) is 6.42 Å². The van der Waals surface area contributed by atoms with Crippen LogP contribution < -0.4 is 0 Å². The lowest BCUT2D eigenvalue weighted by Gasteiger charge is -2.28. The SMILES string of the molecule is OCC1CCCCCN1CCCc1ccccc1. The Balaban J connectivity index is 1.77. The number of rotatable bonds is 5. The molecular formula is C16H25NO. The molecule has 0 bridgehead atoms. The van der Waals surface area contributed by atoms with E-state index in [1.807, 2.05) is 0 Å². The van der Waals surface area contributed by atoms with Crippen LogP contribution >= 0.6 is 0 Å². The van der Waals surface area contributed by atoms with Crippen LogP contribution in [0.15, 0.2) is 30.3 Å². The van der Waals surface area contributed by atoms with E-state index in [9.17, 15) is 5.11 Å². The second kappa shape index (κ2) is 7.55. The lowest BCUT2D eigenvalue weighted by atomic mass is 10.1. The number of hydrogen-bond donors (Lipinski definition) is 1. The predicted octanol–water partition coefficient (Wildman–Crippen LogP) is 2.86. The van der Waals surface area contributed by atoms with Crippen LogP contribution in [0.5, 0.6) is 0 Å². The van der Waals surface area contributed by atoms with Crippen LogP contribution in [0.3, 0.4) is 0 Å². The van der Waals surface area contributed by atoms with E-state index in [1.54, 1.807) is 0 Å². The highest BCUT2D eigenvalue weighted by Crippen LogP contribution is 2.17. The predicted molar refractivity (Wildman–Crippen MR) is 75.7 cm³/mol. The van der Waals surface area contributed by atoms with Crippen LogP contribution in [0.25, 0.3) is 0 Å². The number of aliphatic hydroxyl groups is 1. The summed E-state index contributed by atoms with van der Waals surface area (Å²) in [5.41, 5.74) is 1.42. The van der Waals surface area contributed by atoms with Gasteiger partial charge < -0.3 is 5.11 Å². The van der Waals surface area contributed by atoms with Crippen LogP contribution in [0.2, 0.25) is 0 Å². The van der Waals surface area contributed by atoms with Gasteiger partial charge in [-0.1, -0.05) is 43.2 Å². The molecule has 1 atom stereocenters. The van der Waals surface area contributed by atoms with Gasteiger partial charge in [-0.2, -0.15) is 0 Å². The van der Waals surface area contributed by atoms with Gasteiger partial charge in [0.1, 0.15) is 0 Å². The number of nitrogens with zero attached hydrogens (tertiary/aromatic N) is 1. The van der Waals surface area contributed by atoms with Crippen LogP contribution in [0.4, 0.5) is 0 Å². The van der Waals surface area contributed by atoms with Crippen LogP contribution in [0.1, 0.15) is 37.7 Å². The maximum Gasteiger partial charge on any atom is 0.0586 e. The first kappa shape index (κ1) is 13.6. The summed E-state index contributed by atoms with van der Waals surface area (Å²) in [6.07, 6.45) is 7.41. The summed E-state index contributed by atoms with van der Waals surface area (Å²) < 4.78 is 0. The van der Waals surface area contributed by atoms with E-state index in [2.05, 4.69) is 35.2 Å². The zero-order chi connectivity index (χ0) is 12.6. The molecule has 1 aliphatic rings. The number of benzene rings is 1. The standard InChI is InChI=1S/C16H25NO/c18-14-16-11-5-2-6-12-17(16)13-7-10-15-8-3-1-4-9-15/h1,3-4,8-9,16,18H,2,5-7,10-14H2. The van der Waals surface area contributed by atoms with Gasteiger partial charge in [0.05, 0.1) is 6.61 Å². The van der Waals surface area contributed by atoms with Gasteiger partial charge in [-0.05, 0) is 44.3 Å². The lowest BCUT2D eigenvalue weighted by molar-refractivity contribution is 0.123. The lowest BCUT2D eigenvalue weighted by Crippen LogP contribution is -2.38. The first-order valence-corrected chi connectivity index (χ1v) is 7.29. The second-order valence-electron chi connectivity index (χ2n) is 5.31. The van der Waals surface area contributed by atoms with Gasteiger partial charge in [-0.25, -0.2) is 0 Å². The number of hydrogen-bond acceptors (Lipinski definition) is 2. The van der Waals surface area contributed by atoms with E-state index in [1.165, 1.54) is 44.2 Å². The summed E-state index contributed by atoms with van der Waals surface area (Å²) in [4.78, 5) is 2.50. The maximum absolute atomic E-state index is 9.46. The van der Waals surface area contributed by atoms with E-state index in [0.29, 0.717) is 12.6 Å². The first-order chi connectivity index (χ1) is 8.90. The molecule has 1 N–H and O–H groups in total.